The Morgan fingerprint density at radius 3 is 2.57 bits per heavy atom. The lowest BCUT2D eigenvalue weighted by Gasteiger charge is -2.01. The summed E-state index contributed by atoms with van der Waals surface area (Å²) in [6.07, 6.45) is -1.90. The second-order valence-corrected chi connectivity index (χ2v) is 3.78. The molecular weight excluding hydrogens is 293 g/mol. The van der Waals surface area contributed by atoms with Gasteiger partial charge in [-0.05, 0) is 7.05 Å². The van der Waals surface area contributed by atoms with E-state index in [0.717, 1.165) is 18.7 Å². The minimum atomic E-state index is -5.08. The smallest absolute Gasteiger partial charge is 0.475 e. The van der Waals surface area contributed by atoms with Crippen LogP contribution in [0.15, 0.2) is 12.7 Å². The number of aromatic nitrogens is 4. The maximum atomic E-state index is 10.6. The minimum Gasteiger partial charge on any atom is -0.475 e. The topological polar surface area (TPSA) is 119 Å². The Kier molecular flexibility index (Phi) is 5.41. The number of carbonyl (C=O) groups is 1. The van der Waals surface area contributed by atoms with Gasteiger partial charge in [0.25, 0.3) is 0 Å². The average Bonchev–Trinajstić information content (AvgIpc) is 2.80. The summed E-state index contributed by atoms with van der Waals surface area (Å²) in [5, 5.41) is 10.2. The standard InChI is InChI=1S/C8H12N6.C2HF3O2/c1-10-2-3-14-5-13-6-7(9)11-4-12-8(6)14;3-2(4,5)1(6)7/h4-5,10H,2-3H2,1H3,(H2,9,11,12);(H,6,7). The van der Waals surface area contributed by atoms with Gasteiger partial charge >= 0.3 is 12.1 Å². The number of nitrogens with one attached hydrogen (secondary N) is 1. The molecule has 0 atom stereocenters. The van der Waals surface area contributed by atoms with Crippen LogP contribution in [0, 0.1) is 0 Å². The molecule has 0 bridgehead atoms. The Morgan fingerprint density at radius 2 is 2.05 bits per heavy atom. The number of imidazole rings is 1. The van der Waals surface area contributed by atoms with E-state index in [1.54, 1.807) is 6.33 Å². The van der Waals surface area contributed by atoms with Gasteiger partial charge in [-0.15, -0.1) is 0 Å². The Morgan fingerprint density at radius 1 is 1.43 bits per heavy atom. The van der Waals surface area contributed by atoms with E-state index in [1.165, 1.54) is 6.33 Å². The summed E-state index contributed by atoms with van der Waals surface area (Å²) < 4.78 is 33.7. The predicted molar refractivity (Wildman–Crippen MR) is 67.4 cm³/mol. The van der Waals surface area contributed by atoms with Crippen molar-refractivity contribution in [2.24, 2.45) is 0 Å². The number of likely N-dealkylation sites (N-methyl/N-ethyl adjacent to an activating group) is 1. The largest absolute Gasteiger partial charge is 0.490 e. The van der Waals surface area contributed by atoms with Crippen molar-refractivity contribution in [1.82, 2.24) is 24.8 Å². The third-order valence-electron chi connectivity index (χ3n) is 2.27. The summed E-state index contributed by atoms with van der Waals surface area (Å²) in [7, 11) is 1.91. The monoisotopic (exact) mass is 306 g/mol. The zero-order valence-electron chi connectivity index (χ0n) is 10.9. The highest BCUT2D eigenvalue weighted by Crippen LogP contribution is 2.13. The molecule has 0 unspecified atom stereocenters. The highest BCUT2D eigenvalue weighted by Gasteiger charge is 2.38. The first kappa shape index (κ1) is 16.6. The molecule has 0 aromatic carbocycles. The maximum Gasteiger partial charge on any atom is 0.490 e. The van der Waals surface area contributed by atoms with Crippen LogP contribution < -0.4 is 11.1 Å². The molecule has 0 aliphatic heterocycles. The number of halogens is 3. The van der Waals surface area contributed by atoms with Crippen LogP contribution in [0.2, 0.25) is 0 Å². The predicted octanol–water partition coefficient (Wildman–Crippen LogP) is 0.261. The molecule has 2 heterocycles. The van der Waals surface area contributed by atoms with Gasteiger partial charge in [0.2, 0.25) is 0 Å². The fourth-order valence-corrected chi connectivity index (χ4v) is 1.29. The Bertz CT molecular complexity index is 612. The summed E-state index contributed by atoms with van der Waals surface area (Å²) in [6, 6.07) is 0. The average molecular weight is 306 g/mol. The van der Waals surface area contributed by atoms with Gasteiger partial charge in [0.05, 0.1) is 6.33 Å². The van der Waals surface area contributed by atoms with Crippen molar-refractivity contribution in [1.29, 1.82) is 0 Å². The number of nitrogen functional groups attached to an aromatic ring is 1. The second kappa shape index (κ2) is 6.83. The molecule has 4 N–H and O–H groups in total. The van der Waals surface area contributed by atoms with Crippen LogP contribution in [-0.2, 0) is 11.3 Å². The van der Waals surface area contributed by atoms with Crippen LogP contribution in [0.25, 0.3) is 11.2 Å². The second-order valence-electron chi connectivity index (χ2n) is 3.78. The van der Waals surface area contributed by atoms with Crippen LogP contribution in [0.4, 0.5) is 19.0 Å². The lowest BCUT2D eigenvalue weighted by molar-refractivity contribution is -0.192. The third kappa shape index (κ3) is 4.56. The van der Waals surface area contributed by atoms with Gasteiger partial charge in [0.1, 0.15) is 11.8 Å². The lowest BCUT2D eigenvalue weighted by Crippen LogP contribution is -2.21. The van der Waals surface area contributed by atoms with Crippen molar-refractivity contribution in [2.75, 3.05) is 19.3 Å². The molecule has 0 aliphatic rings. The van der Waals surface area contributed by atoms with E-state index in [4.69, 9.17) is 15.6 Å². The highest BCUT2D eigenvalue weighted by atomic mass is 19.4. The van der Waals surface area contributed by atoms with Crippen LogP contribution in [0.5, 0.6) is 0 Å². The molecule has 21 heavy (non-hydrogen) atoms. The fourth-order valence-electron chi connectivity index (χ4n) is 1.29. The molecule has 8 nitrogen and oxygen atoms in total. The first-order chi connectivity index (χ1) is 9.77. The number of nitrogens with two attached hydrogens (primary N) is 1. The van der Waals surface area contributed by atoms with Gasteiger partial charge in [0.15, 0.2) is 11.5 Å². The van der Waals surface area contributed by atoms with Crippen LogP contribution in [0.3, 0.4) is 0 Å². The normalized spacial score (nSPS) is 11.0. The number of nitrogens with zero attached hydrogens (tertiary/aromatic N) is 4. The number of carboxylic acid groups (broad SMARTS) is 1. The van der Waals surface area contributed by atoms with E-state index in [2.05, 4.69) is 20.3 Å². The minimum absolute atomic E-state index is 0.429. The summed E-state index contributed by atoms with van der Waals surface area (Å²) in [5.74, 6) is -2.33. The molecule has 2 aromatic rings. The van der Waals surface area contributed by atoms with Crippen molar-refractivity contribution in [3.05, 3.63) is 12.7 Å². The summed E-state index contributed by atoms with van der Waals surface area (Å²) in [5.41, 5.74) is 7.11. The Hall–Kier alpha value is -2.43. The number of hydrogen-bond donors (Lipinski definition) is 3. The summed E-state index contributed by atoms with van der Waals surface area (Å²) in [6.45, 7) is 1.69. The molecule has 2 rings (SSSR count). The van der Waals surface area contributed by atoms with Gasteiger partial charge in [-0.2, -0.15) is 13.2 Å². The van der Waals surface area contributed by atoms with Crippen molar-refractivity contribution < 1.29 is 23.1 Å². The van der Waals surface area contributed by atoms with Crippen LogP contribution in [0.1, 0.15) is 0 Å². The number of carboxylic acids is 1. The molecule has 11 heteroatoms. The number of anilines is 1. The van der Waals surface area contributed by atoms with Gasteiger partial charge in [-0.25, -0.2) is 19.7 Å². The molecule has 116 valence electrons. The number of fused-ring (bicyclic) bond motifs is 1. The van der Waals surface area contributed by atoms with E-state index in [0.29, 0.717) is 11.3 Å². The number of alkyl halides is 3. The number of rotatable bonds is 3. The quantitative estimate of drug-likeness (QED) is 0.744. The molecule has 0 radical (unpaired) electrons. The summed E-state index contributed by atoms with van der Waals surface area (Å²) >= 11 is 0. The van der Waals surface area contributed by atoms with E-state index < -0.39 is 12.1 Å². The van der Waals surface area contributed by atoms with Crippen LogP contribution >= 0.6 is 0 Å². The maximum absolute atomic E-state index is 10.6. The molecule has 0 saturated heterocycles. The van der Waals surface area contributed by atoms with E-state index >= 15 is 0 Å². The molecule has 0 spiro atoms. The molecule has 0 aliphatic carbocycles. The summed E-state index contributed by atoms with van der Waals surface area (Å²) in [4.78, 5) is 21.1. The van der Waals surface area contributed by atoms with E-state index in [-0.39, 0.29) is 0 Å². The first-order valence-electron chi connectivity index (χ1n) is 5.63. The van der Waals surface area contributed by atoms with Gasteiger partial charge < -0.3 is 20.7 Å². The van der Waals surface area contributed by atoms with Gasteiger partial charge in [-0.3, -0.25) is 0 Å². The van der Waals surface area contributed by atoms with Crippen molar-refractivity contribution in [3.8, 4) is 0 Å². The molecule has 0 saturated carbocycles. The number of aliphatic carboxylic acids is 1. The highest BCUT2D eigenvalue weighted by molar-refractivity contribution is 5.81. The zero-order valence-corrected chi connectivity index (χ0v) is 10.9. The SMILES string of the molecule is CNCCn1cnc2c(N)ncnc21.O=C(O)C(F)(F)F. The zero-order chi connectivity index (χ0) is 16.0. The van der Waals surface area contributed by atoms with Gasteiger partial charge in [0, 0.05) is 13.1 Å². The van der Waals surface area contributed by atoms with E-state index in [1.807, 2.05) is 11.6 Å². The lowest BCUT2D eigenvalue weighted by atomic mass is 10.5. The van der Waals surface area contributed by atoms with Crippen LogP contribution in [-0.4, -0.2) is 50.4 Å². The Labute approximate surface area is 116 Å². The molecule has 0 amide bonds. The third-order valence-corrected chi connectivity index (χ3v) is 2.27. The van der Waals surface area contributed by atoms with Crippen molar-refractivity contribution in [2.45, 2.75) is 12.7 Å². The molecule has 0 fully saturated rings. The number of hydrogen-bond acceptors (Lipinski definition) is 6. The van der Waals surface area contributed by atoms with Gasteiger partial charge in [-0.1, -0.05) is 0 Å². The van der Waals surface area contributed by atoms with Crippen molar-refractivity contribution in [3.63, 3.8) is 0 Å². The molecular formula is C10H13F3N6O2. The fraction of sp³-hybridized carbons (Fsp3) is 0.400. The molecule has 2 aromatic heterocycles. The van der Waals surface area contributed by atoms with E-state index in [9.17, 15) is 13.2 Å². The Balaban J connectivity index is 0.000000270. The first-order valence-corrected chi connectivity index (χ1v) is 5.63. The van der Waals surface area contributed by atoms with Crippen molar-refractivity contribution >= 4 is 23.0 Å².